The normalized spacial score (nSPS) is 9.32. The number of nitrogens with one attached hydrogen (secondary N) is 1. The van der Waals surface area contributed by atoms with Crippen LogP contribution < -0.4 is 5.32 Å². The molecular formula is C33H25NS107. The molecule has 0 saturated heterocycles. The van der Waals surface area contributed by atoms with E-state index in [1.54, 1.807) is 107 Å². The van der Waals surface area contributed by atoms with Crippen molar-refractivity contribution in [1.82, 2.24) is 0 Å². The Morgan fingerprint density at radius 3 is 0.624 bits per heavy atom. The largest absolute Gasteiger partial charge is 0.355 e. The van der Waals surface area contributed by atoms with Gasteiger partial charge in [0.1, 0.15) is 0 Å². The highest BCUT2D eigenvalue weighted by atomic mass is 33.6. The van der Waals surface area contributed by atoms with Gasteiger partial charge in [0.2, 0.25) is 0 Å². The molecule has 0 bridgehead atoms. The first-order valence-corrected chi connectivity index (χ1v) is 170. The van der Waals surface area contributed by atoms with E-state index in [0.29, 0.717) is 0 Å². The van der Waals surface area contributed by atoms with Crippen LogP contribution in [0.2, 0.25) is 0 Å². The molecule has 7 rings (SSSR count). The van der Waals surface area contributed by atoms with Gasteiger partial charge in [-0.2, -0.15) is 0 Å². The Labute approximate surface area is 1120 Å². The molecule has 141 heavy (non-hydrogen) atoms. The van der Waals surface area contributed by atoms with Crippen LogP contribution in [0.5, 0.6) is 0 Å². The van der Waals surface area contributed by atoms with Crippen molar-refractivity contribution in [3.8, 4) is 22.3 Å². The van der Waals surface area contributed by atoms with E-state index < -0.39 is 0 Å². The molecule has 1 aromatic heterocycles. The number of hydrogen-bond acceptors (Lipinski definition) is 4. The van der Waals surface area contributed by atoms with Crippen molar-refractivity contribution in [3.63, 3.8) is 0 Å². The lowest BCUT2D eigenvalue weighted by molar-refractivity contribution is 0.660. The zero-order chi connectivity index (χ0) is 99.1. The molecule has 0 unspecified atom stereocenters. The second kappa shape index (κ2) is 116. The zero-order valence-corrected chi connectivity index (χ0v) is 150. The first kappa shape index (κ1) is 149. The van der Waals surface area contributed by atoms with Gasteiger partial charge in [0, 0.05) is 988 Å². The molecule has 1 aliphatic carbocycles. The fraction of sp³-hybridized carbons (Fsp3) is 0.0909. The maximum absolute atomic E-state index is 4.83. The van der Waals surface area contributed by atoms with E-state index in [2.05, 4.69) is 128 Å². The van der Waals surface area contributed by atoms with Gasteiger partial charge in [0.25, 0.3) is 0 Å². The average Bonchev–Trinajstić information content (AvgIpc) is 1.57. The standard InChI is InChI=1S/C33H25NS.S106/c1-33(2)27-10-5-3-9-25(27)32-28(33)11-7-12-29(32)34-23-17-14-21(15-18-23)22-16-19-31-26(20-22)24-8-4-6-13-30(24)35-31;1-3-5-7-9-11-13-15-17-19-21-23-25-27-29-31-33-35-37-39-41-43-45-47-49-51-53-55-57-59-61-63-65-67-69-71-73-75-77-79-81-83-85-87-89-91-93-95-97-99-101-103-105-106-104-102-100-98-96-94-92-90-88-86-84-82-80-78-76-74-72-70-68-66-64-62-60-58-56-54-52-50-48-46-44-42-40-38-36-34-32-30-28-26-24-22-20-18-16-14-12-10-8-6-4-2/h3-20,34H,1-2H3;. The van der Waals surface area contributed by atoms with Crippen molar-refractivity contribution in [3.05, 3.63) is 120 Å². The Hall–Kier alpha value is 19.4. The molecule has 0 spiro atoms. The fourth-order valence-electron chi connectivity index (χ4n) is 6.82. The summed E-state index contributed by atoms with van der Waals surface area (Å²) in [4.78, 5) is 0. The zero-order valence-electron chi connectivity index (χ0n) is 63.1. The maximum atomic E-state index is 4.83. The molecular weight excluding hydrogens is 3840 g/mol. The average molecular weight is 3870 g/mol. The van der Waals surface area contributed by atoms with Crippen molar-refractivity contribution < 1.29 is 0 Å². The molecule has 1 N–H and O–H groups in total. The van der Waals surface area contributed by atoms with Gasteiger partial charge in [-0.25, -0.2) is 0 Å². The number of benzene rings is 5. The van der Waals surface area contributed by atoms with Crippen LogP contribution in [0.1, 0.15) is 25.0 Å². The Kier molecular flexibility index (Phi) is 123. The minimum atomic E-state index is 0.0119. The molecule has 1 aliphatic rings. The SMILES string of the molecule is CC1(C)c2ccccc2-c2c(Nc3ccc(-c4ccc5sc6ccccc6c5c4)cc3)cccc21.S=S=S=S=S=S=S=S=S=S=S=S=S=S=S=S=S=S=S=S=S=S=S=S=S=S=S=S=S=S=S=S=S=S=S=S=S=S=S=S=S=S=S=S=S=S=S=S=S=S=S=S=S=S=S=S=S=S=S=S=S=S=S=S=S=S=S=S=S=S=S=S=S=S=S=S=S=S=S=S=S=S=S=S=S=S=S=S=S=S=S=S=S=S=S=S=S=S=S=S=S=S=S=S=S=S. The number of fused-ring (bicyclic) bond motifs is 6. The smallest absolute Gasteiger partial charge is 0.0467 e. The predicted molar refractivity (Wildman–Crippen MR) is 933 cm³/mol. The second-order valence-corrected chi connectivity index (χ2v) is 202. The number of rotatable bonds is 3. The van der Waals surface area contributed by atoms with E-state index in [1.807, 2.05) is 811 Å². The van der Waals surface area contributed by atoms with Crippen molar-refractivity contribution >= 4 is 989 Å². The van der Waals surface area contributed by atoms with Crippen LogP contribution in [0.4, 0.5) is 11.4 Å². The van der Waals surface area contributed by atoms with E-state index in [9.17, 15) is 0 Å². The van der Waals surface area contributed by atoms with Crippen molar-refractivity contribution in [1.29, 1.82) is 0 Å². The minimum Gasteiger partial charge on any atom is -0.355 e. The summed E-state index contributed by atoms with van der Waals surface area (Å²) < 4.78 is 2.69. The van der Waals surface area contributed by atoms with E-state index in [1.165, 1.54) is 77.0 Å². The fourth-order valence-corrected chi connectivity index (χ4v) is 288. The maximum Gasteiger partial charge on any atom is 0.0467 e. The monoisotopic (exact) mass is 3860 g/mol. The summed E-state index contributed by atoms with van der Waals surface area (Å²) in [6.07, 6.45) is 0. The molecule has 0 fully saturated rings. The van der Waals surface area contributed by atoms with Crippen molar-refractivity contribution in [2.24, 2.45) is 0 Å². The summed E-state index contributed by atoms with van der Waals surface area (Å²) in [5.41, 5.74) is 10.2. The Morgan fingerprint density at radius 1 is 0.184 bits per heavy atom. The highest BCUT2D eigenvalue weighted by Crippen LogP contribution is 2.51. The summed E-state index contributed by atoms with van der Waals surface area (Å²) >= 11 is 11.5. The van der Waals surface area contributed by atoms with Crippen LogP contribution in [-0.4, -0.2) is 0 Å². The summed E-state index contributed by atoms with van der Waals surface area (Å²) in [6.45, 7) is 4.65. The van der Waals surface area contributed by atoms with Crippen LogP contribution in [0.15, 0.2) is 109 Å². The van der Waals surface area contributed by atoms with E-state index >= 15 is 0 Å². The van der Waals surface area contributed by atoms with Gasteiger partial charge in [0.05, 0.1) is 0 Å². The lowest BCUT2D eigenvalue weighted by Crippen LogP contribution is -2.14. The summed E-state index contributed by atoms with van der Waals surface area (Å²) in [7, 11) is 188. The number of anilines is 2. The molecule has 1 nitrogen and oxygen atoms in total. The quantitative estimate of drug-likeness (QED) is 0.190. The van der Waals surface area contributed by atoms with Crippen LogP contribution in [0.3, 0.4) is 0 Å². The van der Waals surface area contributed by atoms with Gasteiger partial charge >= 0.3 is 0 Å². The molecule has 108 heteroatoms. The lowest BCUT2D eigenvalue weighted by Gasteiger charge is -2.21. The molecule has 0 radical (unpaired) electrons. The molecule has 0 aliphatic heterocycles. The van der Waals surface area contributed by atoms with E-state index in [-0.39, 0.29) is 5.41 Å². The predicted octanol–water partition coefficient (Wildman–Crippen LogP) is 9.52. The Balaban J connectivity index is 0.000000706. The van der Waals surface area contributed by atoms with E-state index in [4.69, 9.17) is 22.4 Å². The van der Waals surface area contributed by atoms with Crippen LogP contribution >= 0.6 is 11.3 Å². The van der Waals surface area contributed by atoms with Crippen LogP contribution in [0, 0.1) is 0 Å². The Morgan fingerprint density at radius 2 is 0.383 bits per heavy atom. The first-order valence-electron chi connectivity index (χ1n) is 29.6. The molecule has 0 saturated carbocycles. The van der Waals surface area contributed by atoms with Crippen LogP contribution in [0.25, 0.3) is 42.4 Å². The third-order valence-electron chi connectivity index (χ3n) is 10.3. The van der Waals surface area contributed by atoms with Gasteiger partial charge in [-0.1, -0.05) is 86.6 Å². The number of hydrogen-bond donors (Lipinski definition) is 1. The van der Waals surface area contributed by atoms with Gasteiger partial charge in [-0.3, -0.25) is 0 Å². The first-order chi connectivity index (χ1) is 70.0. The van der Waals surface area contributed by atoms with Gasteiger partial charge in [-0.15, -0.1) is 11.3 Å². The third kappa shape index (κ3) is 86.8. The molecule has 6 aromatic rings. The number of thiophene rings is 1. The molecule has 1 heterocycles. The molecule has 804 valence electrons. The highest BCUT2D eigenvalue weighted by Gasteiger charge is 2.36. The summed E-state index contributed by atoms with van der Waals surface area (Å²) in [6, 6.07) is 39.8. The Bertz CT molecular complexity index is 10800. The summed E-state index contributed by atoms with van der Waals surface area (Å²) in [5, 5.41) is 6.39. The highest BCUT2D eigenvalue weighted by molar-refractivity contribution is 8.88. The second-order valence-electron chi connectivity index (χ2n) is 17.0. The topological polar surface area (TPSA) is 12.0 Å². The molecule has 0 amide bonds. The van der Waals surface area contributed by atoms with Gasteiger partial charge in [-0.05, 0) is 64.2 Å². The van der Waals surface area contributed by atoms with Crippen LogP contribution in [-0.2, 0) is 951 Å². The van der Waals surface area contributed by atoms with E-state index in [0.717, 1.165) is 5.69 Å². The molecule has 5 aromatic carbocycles. The lowest BCUT2D eigenvalue weighted by atomic mass is 9.82. The molecule has 0 atom stereocenters. The third-order valence-corrected chi connectivity index (χ3v) is 240. The van der Waals surface area contributed by atoms with Gasteiger partial charge in [0.15, 0.2) is 0 Å². The van der Waals surface area contributed by atoms with Gasteiger partial charge < -0.3 is 5.32 Å². The van der Waals surface area contributed by atoms with Crippen molar-refractivity contribution in [2.45, 2.75) is 19.3 Å². The minimum absolute atomic E-state index is 0.0119. The summed E-state index contributed by atoms with van der Waals surface area (Å²) in [5.74, 6) is 0. The van der Waals surface area contributed by atoms with Crippen molar-refractivity contribution in [2.75, 3.05) is 5.32 Å².